The average molecular weight is 412 g/mol. The van der Waals surface area contributed by atoms with Crippen LogP contribution in [-0.2, 0) is 25.6 Å². The molecule has 0 saturated heterocycles. The molecule has 1 aromatic carbocycles. The fraction of sp³-hybridized carbons (Fsp3) is 0.333. The number of primary amides is 1. The molecule has 1 saturated carbocycles. The highest BCUT2D eigenvalue weighted by atomic mass is 16.3. The van der Waals surface area contributed by atoms with Crippen LogP contribution in [0.25, 0.3) is 5.76 Å². The summed E-state index contributed by atoms with van der Waals surface area (Å²) < 4.78 is 0. The molecule has 0 aromatic heterocycles. The smallest absolute Gasteiger partial charge is 0.255 e. The first-order valence-corrected chi connectivity index (χ1v) is 9.48. The topological polar surface area (TPSA) is 167 Å². The Hall–Kier alpha value is -3.62. The van der Waals surface area contributed by atoms with Crippen LogP contribution in [0.3, 0.4) is 0 Å². The summed E-state index contributed by atoms with van der Waals surface area (Å²) in [5.41, 5.74) is 5.60. The molecule has 2 amide bonds. The van der Waals surface area contributed by atoms with E-state index < -0.39 is 52.3 Å². The van der Waals surface area contributed by atoms with E-state index >= 15 is 0 Å². The standard InChI is InChI=1S/C21H20N2O7/c1-7(24)23-11-2-3-12(25)16-10(11)5-8-4-9-6-13(26)17(21(22)30)20(29)15(9)18(27)14(8)19(16)28/h2-3,8-9,15,25,28-29H,4-6H2,1H3,(H2,22,30)(H,23,24). The monoisotopic (exact) mass is 412 g/mol. The third-order valence-corrected chi connectivity index (χ3v) is 6.08. The summed E-state index contributed by atoms with van der Waals surface area (Å²) in [6.07, 6.45) is 0.427. The maximum atomic E-state index is 13.2. The van der Waals surface area contributed by atoms with Gasteiger partial charge in [-0.15, -0.1) is 0 Å². The van der Waals surface area contributed by atoms with Gasteiger partial charge in [-0.2, -0.15) is 0 Å². The second-order valence-corrected chi connectivity index (χ2v) is 7.92. The molecule has 0 radical (unpaired) electrons. The van der Waals surface area contributed by atoms with E-state index in [2.05, 4.69) is 5.32 Å². The second kappa shape index (κ2) is 6.72. The Morgan fingerprint density at radius 1 is 1.13 bits per heavy atom. The number of hydrogen-bond donors (Lipinski definition) is 5. The van der Waals surface area contributed by atoms with Crippen molar-refractivity contribution in [2.24, 2.45) is 23.5 Å². The summed E-state index contributed by atoms with van der Waals surface area (Å²) in [7, 11) is 0. The summed E-state index contributed by atoms with van der Waals surface area (Å²) in [5.74, 6) is -6.16. The zero-order valence-electron chi connectivity index (χ0n) is 16.1. The molecule has 30 heavy (non-hydrogen) atoms. The van der Waals surface area contributed by atoms with Crippen LogP contribution in [0.5, 0.6) is 5.75 Å². The quantitative estimate of drug-likeness (QED) is 0.360. The van der Waals surface area contributed by atoms with Crippen LogP contribution in [-0.4, -0.2) is 38.7 Å². The minimum atomic E-state index is -1.15. The zero-order valence-corrected chi connectivity index (χ0v) is 16.1. The molecule has 3 aliphatic rings. The van der Waals surface area contributed by atoms with Crippen molar-refractivity contribution in [3.05, 3.63) is 40.2 Å². The number of benzene rings is 1. The number of amides is 2. The zero-order chi connectivity index (χ0) is 21.9. The van der Waals surface area contributed by atoms with E-state index in [0.29, 0.717) is 17.7 Å². The minimum Gasteiger partial charge on any atom is -0.511 e. The number of carbonyl (C=O) groups is 4. The Kier molecular flexibility index (Phi) is 4.41. The number of rotatable bonds is 2. The fourth-order valence-electron chi connectivity index (χ4n) is 4.95. The van der Waals surface area contributed by atoms with E-state index in [1.165, 1.54) is 19.1 Å². The summed E-state index contributed by atoms with van der Waals surface area (Å²) in [6, 6.07) is 2.82. The molecule has 1 fully saturated rings. The second-order valence-electron chi connectivity index (χ2n) is 7.92. The first-order valence-electron chi connectivity index (χ1n) is 9.48. The van der Waals surface area contributed by atoms with Crippen LogP contribution < -0.4 is 11.1 Å². The van der Waals surface area contributed by atoms with Crippen LogP contribution in [0.15, 0.2) is 29.0 Å². The number of hydrogen-bond acceptors (Lipinski definition) is 7. The largest absolute Gasteiger partial charge is 0.511 e. The molecule has 0 spiro atoms. The molecule has 0 heterocycles. The third kappa shape index (κ3) is 2.77. The van der Waals surface area contributed by atoms with Gasteiger partial charge in [-0.25, -0.2) is 0 Å². The number of nitrogens with two attached hydrogens (primary N) is 1. The molecule has 3 atom stereocenters. The highest BCUT2D eigenvalue weighted by molar-refractivity contribution is 6.21. The van der Waals surface area contributed by atoms with Gasteiger partial charge in [-0.3, -0.25) is 19.2 Å². The van der Waals surface area contributed by atoms with Crippen LogP contribution in [0.2, 0.25) is 0 Å². The van der Waals surface area contributed by atoms with Crippen LogP contribution in [0.4, 0.5) is 5.69 Å². The van der Waals surface area contributed by atoms with Crippen LogP contribution in [0, 0.1) is 17.8 Å². The Bertz CT molecular complexity index is 1100. The Balaban J connectivity index is 1.87. The number of fused-ring (bicyclic) bond motifs is 3. The predicted octanol–water partition coefficient (Wildman–Crippen LogP) is 1.27. The van der Waals surface area contributed by atoms with Gasteiger partial charge in [0, 0.05) is 24.6 Å². The lowest BCUT2D eigenvalue weighted by molar-refractivity contribution is -0.127. The van der Waals surface area contributed by atoms with Gasteiger partial charge in [0.05, 0.1) is 11.5 Å². The number of phenols is 1. The normalized spacial score (nSPS) is 25.4. The minimum absolute atomic E-state index is 0.0312. The van der Waals surface area contributed by atoms with Gasteiger partial charge in [0.2, 0.25) is 5.91 Å². The molecule has 6 N–H and O–H groups in total. The van der Waals surface area contributed by atoms with Gasteiger partial charge in [-0.1, -0.05) is 0 Å². The Labute approximate surface area is 170 Å². The number of ketones is 2. The van der Waals surface area contributed by atoms with Crippen molar-refractivity contribution < 1.29 is 34.5 Å². The highest BCUT2D eigenvalue weighted by Crippen LogP contribution is 2.51. The number of allylic oxidation sites excluding steroid dienone is 2. The molecule has 0 bridgehead atoms. The van der Waals surface area contributed by atoms with Crippen molar-refractivity contribution in [3.8, 4) is 5.75 Å². The van der Waals surface area contributed by atoms with Crippen molar-refractivity contribution in [2.75, 3.05) is 5.32 Å². The van der Waals surface area contributed by atoms with Crippen molar-refractivity contribution in [1.82, 2.24) is 0 Å². The average Bonchev–Trinajstić information content (AvgIpc) is 2.62. The summed E-state index contributed by atoms with van der Waals surface area (Å²) in [4.78, 5) is 48.6. The van der Waals surface area contributed by atoms with Crippen molar-refractivity contribution in [1.29, 1.82) is 0 Å². The Morgan fingerprint density at radius 3 is 2.47 bits per heavy atom. The first-order chi connectivity index (χ1) is 14.1. The van der Waals surface area contributed by atoms with Gasteiger partial charge >= 0.3 is 0 Å². The lowest BCUT2D eigenvalue weighted by Gasteiger charge is -2.41. The van der Waals surface area contributed by atoms with E-state index in [0.717, 1.165) is 0 Å². The molecule has 1 aromatic rings. The molecular formula is C21H20N2O7. The summed E-state index contributed by atoms with van der Waals surface area (Å²) in [5, 5.41) is 34.3. The van der Waals surface area contributed by atoms with Gasteiger partial charge in [0.25, 0.3) is 5.91 Å². The lowest BCUT2D eigenvalue weighted by Crippen LogP contribution is -2.44. The van der Waals surface area contributed by atoms with E-state index in [9.17, 15) is 34.5 Å². The number of anilines is 1. The van der Waals surface area contributed by atoms with Crippen molar-refractivity contribution in [3.63, 3.8) is 0 Å². The molecule has 9 nitrogen and oxygen atoms in total. The molecule has 156 valence electrons. The number of aliphatic hydroxyl groups excluding tert-OH is 2. The summed E-state index contributed by atoms with van der Waals surface area (Å²) in [6.45, 7) is 1.33. The highest BCUT2D eigenvalue weighted by Gasteiger charge is 2.50. The third-order valence-electron chi connectivity index (χ3n) is 6.08. The van der Waals surface area contributed by atoms with Crippen molar-refractivity contribution >= 4 is 34.8 Å². The molecular weight excluding hydrogens is 392 g/mol. The number of nitrogens with one attached hydrogen (secondary N) is 1. The van der Waals surface area contributed by atoms with E-state index in [1.807, 2.05) is 0 Å². The maximum Gasteiger partial charge on any atom is 0.255 e. The number of Topliss-reactive ketones (excluding diaryl/α,β-unsaturated/α-hetero) is 2. The number of aromatic hydroxyl groups is 1. The molecule has 3 unspecified atom stereocenters. The first kappa shape index (κ1) is 19.7. The number of aliphatic hydroxyl groups is 2. The molecule has 4 rings (SSSR count). The Morgan fingerprint density at radius 2 is 1.83 bits per heavy atom. The van der Waals surface area contributed by atoms with E-state index in [-0.39, 0.29) is 35.6 Å². The van der Waals surface area contributed by atoms with Gasteiger partial charge < -0.3 is 26.4 Å². The van der Waals surface area contributed by atoms with Crippen molar-refractivity contribution in [2.45, 2.75) is 26.2 Å². The van der Waals surface area contributed by atoms with E-state index in [4.69, 9.17) is 5.73 Å². The lowest BCUT2D eigenvalue weighted by atomic mass is 9.61. The van der Waals surface area contributed by atoms with Gasteiger partial charge in [0.1, 0.15) is 22.8 Å². The molecule has 3 aliphatic carbocycles. The van der Waals surface area contributed by atoms with Gasteiger partial charge in [-0.05, 0) is 42.4 Å². The van der Waals surface area contributed by atoms with Gasteiger partial charge in [0.15, 0.2) is 11.6 Å². The van der Waals surface area contributed by atoms with Crippen LogP contribution >= 0.6 is 0 Å². The maximum absolute atomic E-state index is 13.2. The fourth-order valence-corrected chi connectivity index (χ4v) is 4.95. The number of phenolic OH excluding ortho intramolecular Hbond substituents is 1. The van der Waals surface area contributed by atoms with E-state index in [1.54, 1.807) is 0 Å². The number of carbonyl (C=O) groups excluding carboxylic acids is 4. The SMILES string of the molecule is CC(=O)Nc1ccc(O)c2c1CC1CC3CC(=O)C(C(N)=O)=C(O)C3C(=O)C1=C2O. The summed E-state index contributed by atoms with van der Waals surface area (Å²) >= 11 is 0. The predicted molar refractivity (Wildman–Crippen MR) is 104 cm³/mol. The molecule has 0 aliphatic heterocycles. The van der Waals surface area contributed by atoms with Crippen LogP contribution in [0.1, 0.15) is 30.9 Å². The molecule has 9 heteroatoms.